The minimum absolute atomic E-state index is 0.0619. The molecular weight excluding hydrogens is 364 g/mol. The van der Waals surface area contributed by atoms with Gasteiger partial charge in [-0.15, -0.1) is 4.40 Å². The van der Waals surface area contributed by atoms with Crippen molar-refractivity contribution < 1.29 is 17.9 Å². The summed E-state index contributed by atoms with van der Waals surface area (Å²) in [6.07, 6.45) is 3.61. The quantitative estimate of drug-likeness (QED) is 0.583. The van der Waals surface area contributed by atoms with E-state index in [-0.39, 0.29) is 10.5 Å². The number of benzene rings is 2. The minimum Gasteiger partial charge on any atom is -0.423 e. The molecule has 2 aliphatic rings. The first kappa shape index (κ1) is 17.7. The predicted octanol–water partition coefficient (Wildman–Crippen LogP) is 3.70. The van der Waals surface area contributed by atoms with E-state index in [1.54, 1.807) is 30.3 Å². The molecule has 0 unspecified atom stereocenters. The Balaban J connectivity index is 1.69. The molecule has 2 aromatic rings. The van der Waals surface area contributed by atoms with Gasteiger partial charge in [-0.05, 0) is 55.7 Å². The van der Waals surface area contributed by atoms with E-state index in [4.69, 9.17) is 4.74 Å². The van der Waals surface area contributed by atoms with Gasteiger partial charge < -0.3 is 9.64 Å². The Morgan fingerprint density at radius 3 is 2.78 bits per heavy atom. The zero-order valence-electron chi connectivity index (χ0n) is 15.0. The van der Waals surface area contributed by atoms with Crippen molar-refractivity contribution in [2.45, 2.75) is 37.5 Å². The number of ether oxygens (including phenoxy) is 1. The van der Waals surface area contributed by atoms with Crippen molar-refractivity contribution in [1.82, 2.24) is 0 Å². The Kier molecular flexibility index (Phi) is 4.47. The van der Waals surface area contributed by atoms with Crippen LogP contribution < -0.4 is 9.64 Å². The molecule has 2 heterocycles. The van der Waals surface area contributed by atoms with E-state index in [0.717, 1.165) is 31.4 Å². The van der Waals surface area contributed by atoms with Gasteiger partial charge in [0.25, 0.3) is 10.0 Å². The Morgan fingerprint density at radius 2 is 1.96 bits per heavy atom. The summed E-state index contributed by atoms with van der Waals surface area (Å²) in [5.74, 6) is 0.424. The Bertz CT molecular complexity index is 1040. The molecule has 6 nitrogen and oxygen atoms in total. The Labute approximate surface area is 158 Å². The molecule has 0 spiro atoms. The fraction of sp³-hybridized carbons (Fsp3) is 0.300. The molecular formula is C20H20N2O4S. The molecule has 4 rings (SSSR count). The number of esters is 1. The van der Waals surface area contributed by atoms with Crippen LogP contribution >= 0.6 is 0 Å². The number of amidine groups is 1. The fourth-order valence-corrected chi connectivity index (χ4v) is 4.74. The van der Waals surface area contributed by atoms with E-state index in [0.29, 0.717) is 23.7 Å². The molecule has 2 aromatic carbocycles. The van der Waals surface area contributed by atoms with Gasteiger partial charge in [0.05, 0.1) is 11.3 Å². The SMILES string of the molecule is Cc1cccc(OC(=O)c2ccc3c(c2)S(=O)(=O)N=C2CCCCCN23)c1. The van der Waals surface area contributed by atoms with Crippen molar-refractivity contribution in [1.29, 1.82) is 0 Å². The number of anilines is 1. The molecule has 0 radical (unpaired) electrons. The molecule has 0 N–H and O–H groups in total. The Morgan fingerprint density at radius 1 is 1.11 bits per heavy atom. The highest BCUT2D eigenvalue weighted by molar-refractivity contribution is 7.90. The molecule has 1 fully saturated rings. The van der Waals surface area contributed by atoms with Gasteiger partial charge in [-0.25, -0.2) is 4.79 Å². The molecule has 27 heavy (non-hydrogen) atoms. The van der Waals surface area contributed by atoms with Gasteiger partial charge in [0.1, 0.15) is 16.5 Å². The molecule has 7 heteroatoms. The van der Waals surface area contributed by atoms with Crippen LogP contribution in [-0.2, 0) is 10.0 Å². The molecule has 1 saturated heterocycles. The number of hydrogen-bond donors (Lipinski definition) is 0. The van der Waals surface area contributed by atoms with E-state index < -0.39 is 16.0 Å². The van der Waals surface area contributed by atoms with Crippen LogP contribution in [0.25, 0.3) is 0 Å². The van der Waals surface area contributed by atoms with Crippen LogP contribution in [0.4, 0.5) is 5.69 Å². The third-order valence-electron chi connectivity index (χ3n) is 4.78. The summed E-state index contributed by atoms with van der Waals surface area (Å²) >= 11 is 0. The van der Waals surface area contributed by atoms with Crippen molar-refractivity contribution >= 4 is 27.5 Å². The first-order valence-electron chi connectivity index (χ1n) is 8.98. The molecule has 140 valence electrons. The van der Waals surface area contributed by atoms with Crippen molar-refractivity contribution in [2.75, 3.05) is 11.4 Å². The number of aryl methyl sites for hydroxylation is 1. The maximum atomic E-state index is 12.7. The summed E-state index contributed by atoms with van der Waals surface area (Å²) in [7, 11) is -3.83. The van der Waals surface area contributed by atoms with Crippen LogP contribution in [-0.4, -0.2) is 26.8 Å². The lowest BCUT2D eigenvalue weighted by Gasteiger charge is -2.29. The second kappa shape index (κ2) is 6.81. The highest BCUT2D eigenvalue weighted by atomic mass is 32.2. The number of nitrogens with zero attached hydrogens (tertiary/aromatic N) is 2. The topological polar surface area (TPSA) is 76.0 Å². The van der Waals surface area contributed by atoms with E-state index >= 15 is 0 Å². The largest absolute Gasteiger partial charge is 0.423 e. The zero-order chi connectivity index (χ0) is 19.0. The third kappa shape index (κ3) is 3.47. The van der Waals surface area contributed by atoms with E-state index in [1.807, 2.05) is 17.9 Å². The summed E-state index contributed by atoms with van der Waals surface area (Å²) in [6.45, 7) is 2.63. The number of rotatable bonds is 2. The first-order valence-corrected chi connectivity index (χ1v) is 10.4. The van der Waals surface area contributed by atoms with E-state index in [1.165, 1.54) is 6.07 Å². The fourth-order valence-electron chi connectivity index (χ4n) is 3.45. The third-order valence-corrected chi connectivity index (χ3v) is 6.12. The summed E-state index contributed by atoms with van der Waals surface area (Å²) in [6, 6.07) is 11.8. The maximum Gasteiger partial charge on any atom is 0.343 e. The average molecular weight is 384 g/mol. The predicted molar refractivity (Wildman–Crippen MR) is 103 cm³/mol. The van der Waals surface area contributed by atoms with Crippen molar-refractivity contribution in [3.05, 3.63) is 53.6 Å². The lowest BCUT2D eigenvalue weighted by molar-refractivity contribution is 0.0734. The van der Waals surface area contributed by atoms with Gasteiger partial charge in [0.15, 0.2) is 0 Å². The van der Waals surface area contributed by atoms with Gasteiger partial charge in [-0.3, -0.25) is 0 Å². The Hall–Kier alpha value is -2.67. The second-order valence-corrected chi connectivity index (χ2v) is 8.41. The zero-order valence-corrected chi connectivity index (χ0v) is 15.8. The molecule has 0 aliphatic carbocycles. The van der Waals surface area contributed by atoms with Crippen LogP contribution in [0.3, 0.4) is 0 Å². The normalized spacial score (nSPS) is 18.0. The molecule has 0 bridgehead atoms. The van der Waals surface area contributed by atoms with Gasteiger partial charge in [-0.1, -0.05) is 18.6 Å². The van der Waals surface area contributed by atoms with Gasteiger partial charge >= 0.3 is 5.97 Å². The average Bonchev–Trinajstić information content (AvgIpc) is 2.86. The summed E-state index contributed by atoms with van der Waals surface area (Å²) in [4.78, 5) is 14.5. The van der Waals surface area contributed by atoms with Gasteiger partial charge in [0.2, 0.25) is 0 Å². The molecule has 0 aromatic heterocycles. The summed E-state index contributed by atoms with van der Waals surface area (Å²) < 4.78 is 34.7. The number of fused-ring (bicyclic) bond motifs is 3. The first-order chi connectivity index (χ1) is 12.9. The minimum atomic E-state index is -3.83. The number of hydrogen-bond acceptors (Lipinski definition) is 5. The maximum absolute atomic E-state index is 12.7. The van der Waals surface area contributed by atoms with Crippen LogP contribution in [0.5, 0.6) is 5.75 Å². The molecule has 0 amide bonds. The number of sulfonamides is 1. The lowest BCUT2D eigenvalue weighted by atomic mass is 10.1. The smallest absolute Gasteiger partial charge is 0.343 e. The number of carbonyl (C=O) groups is 1. The van der Waals surface area contributed by atoms with Gasteiger partial charge in [-0.2, -0.15) is 8.42 Å². The van der Waals surface area contributed by atoms with Crippen molar-refractivity contribution in [3.63, 3.8) is 0 Å². The summed E-state index contributed by atoms with van der Waals surface area (Å²) in [5.41, 5.74) is 1.75. The van der Waals surface area contributed by atoms with Crippen LogP contribution in [0.2, 0.25) is 0 Å². The van der Waals surface area contributed by atoms with Gasteiger partial charge in [0, 0.05) is 13.0 Å². The highest BCUT2D eigenvalue weighted by Crippen LogP contribution is 2.35. The van der Waals surface area contributed by atoms with Crippen molar-refractivity contribution in [2.24, 2.45) is 4.40 Å². The monoisotopic (exact) mass is 384 g/mol. The molecule has 0 saturated carbocycles. The van der Waals surface area contributed by atoms with Crippen LogP contribution in [0, 0.1) is 6.92 Å². The second-order valence-electron chi connectivity index (χ2n) is 6.83. The van der Waals surface area contributed by atoms with E-state index in [9.17, 15) is 13.2 Å². The van der Waals surface area contributed by atoms with Crippen LogP contribution in [0.1, 0.15) is 41.6 Å². The summed E-state index contributed by atoms with van der Waals surface area (Å²) in [5, 5.41) is 0. The number of carbonyl (C=O) groups excluding carboxylic acids is 1. The van der Waals surface area contributed by atoms with Crippen molar-refractivity contribution in [3.8, 4) is 5.75 Å². The highest BCUT2D eigenvalue weighted by Gasteiger charge is 2.32. The van der Waals surface area contributed by atoms with Crippen LogP contribution in [0.15, 0.2) is 51.8 Å². The standard InChI is InChI=1S/C20H20N2O4S/c1-14-6-5-7-16(12-14)26-20(23)15-9-10-17-18(13-15)27(24,25)21-19-8-3-2-4-11-22(17)19/h5-7,9-10,12-13H,2-4,8,11H2,1H3. The molecule has 2 aliphatic heterocycles. The molecule has 0 atom stereocenters. The van der Waals surface area contributed by atoms with E-state index in [2.05, 4.69) is 4.40 Å². The lowest BCUT2D eigenvalue weighted by Crippen LogP contribution is -2.35.